The lowest BCUT2D eigenvalue weighted by molar-refractivity contribution is -0.133. The van der Waals surface area contributed by atoms with Crippen LogP contribution in [0.3, 0.4) is 0 Å². The first kappa shape index (κ1) is 16.2. The van der Waals surface area contributed by atoms with Crippen molar-refractivity contribution in [1.29, 1.82) is 0 Å². The van der Waals surface area contributed by atoms with E-state index >= 15 is 0 Å². The Kier molecular flexibility index (Phi) is 5.13. The second-order valence-electron chi connectivity index (χ2n) is 6.34. The Labute approximate surface area is 137 Å². The minimum Gasteiger partial charge on any atom is -0.366 e. The molecular weight excluding hydrogens is 295 g/mol. The van der Waals surface area contributed by atoms with Crippen LogP contribution in [0, 0.1) is 5.82 Å². The molecule has 0 aliphatic carbocycles. The number of carbonyl (C=O) groups excluding carboxylic acids is 1. The largest absolute Gasteiger partial charge is 0.366 e. The van der Waals surface area contributed by atoms with Crippen LogP contribution in [-0.4, -0.2) is 74.1 Å². The van der Waals surface area contributed by atoms with E-state index in [1.807, 2.05) is 15.9 Å². The van der Waals surface area contributed by atoms with Crippen LogP contribution in [-0.2, 0) is 4.79 Å². The van der Waals surface area contributed by atoms with Crippen molar-refractivity contribution >= 4 is 11.6 Å². The van der Waals surface area contributed by atoms with E-state index in [1.165, 1.54) is 6.07 Å². The van der Waals surface area contributed by atoms with Crippen LogP contribution in [0.2, 0.25) is 0 Å². The Balaban J connectivity index is 1.52. The van der Waals surface area contributed by atoms with Gasteiger partial charge in [-0.3, -0.25) is 9.69 Å². The first-order valence-corrected chi connectivity index (χ1v) is 8.37. The van der Waals surface area contributed by atoms with E-state index in [0.717, 1.165) is 19.6 Å². The number of nitrogens with zero attached hydrogens (tertiary/aromatic N) is 3. The second-order valence-corrected chi connectivity index (χ2v) is 6.34. The van der Waals surface area contributed by atoms with Crippen molar-refractivity contribution in [3.8, 4) is 0 Å². The van der Waals surface area contributed by atoms with Crippen LogP contribution < -0.4 is 10.2 Å². The number of halogens is 1. The molecule has 2 saturated heterocycles. The minimum atomic E-state index is -0.193. The number of para-hydroxylation sites is 1. The molecule has 2 heterocycles. The van der Waals surface area contributed by atoms with Gasteiger partial charge in [0, 0.05) is 51.9 Å². The summed E-state index contributed by atoms with van der Waals surface area (Å²) in [5, 5.41) is 3.34. The lowest BCUT2D eigenvalue weighted by atomic mass is 10.2. The molecule has 6 heteroatoms. The molecule has 0 radical (unpaired) electrons. The standard InChI is InChI=1S/C17H25FN4O/c1-14-12-19-6-7-22(14)13-17(23)21-10-8-20(9-11-21)16-5-3-2-4-15(16)18/h2-5,14,19H,6-13H2,1H3/t14-/m1/s1. The molecule has 5 nitrogen and oxygen atoms in total. The third kappa shape index (κ3) is 3.82. The summed E-state index contributed by atoms with van der Waals surface area (Å²) in [6.45, 7) is 8.13. The minimum absolute atomic E-state index is 0.187. The fourth-order valence-electron chi connectivity index (χ4n) is 3.30. The van der Waals surface area contributed by atoms with Crippen molar-refractivity contribution in [3.05, 3.63) is 30.1 Å². The summed E-state index contributed by atoms with van der Waals surface area (Å²) >= 11 is 0. The molecule has 0 aromatic heterocycles. The van der Waals surface area contributed by atoms with Crippen molar-refractivity contribution < 1.29 is 9.18 Å². The monoisotopic (exact) mass is 320 g/mol. The molecule has 2 aliphatic heterocycles. The lowest BCUT2D eigenvalue weighted by Crippen LogP contribution is -2.55. The number of piperazine rings is 2. The molecular formula is C17H25FN4O. The summed E-state index contributed by atoms with van der Waals surface area (Å²) in [6, 6.07) is 7.23. The molecule has 0 saturated carbocycles. The number of nitrogens with one attached hydrogen (secondary N) is 1. The van der Waals surface area contributed by atoms with Crippen LogP contribution in [0.5, 0.6) is 0 Å². The molecule has 1 amide bonds. The van der Waals surface area contributed by atoms with Gasteiger partial charge < -0.3 is 15.1 Å². The van der Waals surface area contributed by atoms with Crippen LogP contribution in [0.1, 0.15) is 6.92 Å². The van der Waals surface area contributed by atoms with Crippen molar-refractivity contribution in [2.75, 3.05) is 57.3 Å². The van der Waals surface area contributed by atoms with Gasteiger partial charge in [0.05, 0.1) is 12.2 Å². The number of anilines is 1. The van der Waals surface area contributed by atoms with Gasteiger partial charge in [-0.2, -0.15) is 0 Å². The Bertz CT molecular complexity index is 545. The van der Waals surface area contributed by atoms with Gasteiger partial charge in [0.2, 0.25) is 5.91 Å². The fourth-order valence-corrected chi connectivity index (χ4v) is 3.30. The summed E-state index contributed by atoms with van der Waals surface area (Å²) in [5.74, 6) is -0.00569. The molecule has 0 spiro atoms. The number of amides is 1. The van der Waals surface area contributed by atoms with Crippen LogP contribution >= 0.6 is 0 Å². The zero-order valence-corrected chi connectivity index (χ0v) is 13.7. The normalized spacial score (nSPS) is 23.1. The van der Waals surface area contributed by atoms with Crippen LogP contribution in [0.4, 0.5) is 10.1 Å². The predicted molar refractivity (Wildman–Crippen MR) is 89.1 cm³/mol. The molecule has 3 rings (SSSR count). The van der Waals surface area contributed by atoms with Gasteiger partial charge >= 0.3 is 0 Å². The van der Waals surface area contributed by atoms with E-state index in [0.29, 0.717) is 44.5 Å². The summed E-state index contributed by atoms with van der Waals surface area (Å²) in [5.41, 5.74) is 0.635. The number of hydrogen-bond acceptors (Lipinski definition) is 4. The van der Waals surface area contributed by atoms with E-state index in [4.69, 9.17) is 0 Å². The molecule has 1 aromatic carbocycles. The molecule has 0 unspecified atom stereocenters. The molecule has 1 N–H and O–H groups in total. The summed E-state index contributed by atoms with van der Waals surface area (Å²) in [4.78, 5) is 18.7. The van der Waals surface area contributed by atoms with Crippen LogP contribution in [0.15, 0.2) is 24.3 Å². The van der Waals surface area contributed by atoms with E-state index in [-0.39, 0.29) is 11.7 Å². The molecule has 0 bridgehead atoms. The van der Waals surface area contributed by atoms with E-state index in [1.54, 1.807) is 12.1 Å². The number of hydrogen-bond donors (Lipinski definition) is 1. The fraction of sp³-hybridized carbons (Fsp3) is 0.588. The van der Waals surface area contributed by atoms with Gasteiger partial charge in [0.25, 0.3) is 0 Å². The number of rotatable bonds is 3. The van der Waals surface area contributed by atoms with Crippen LogP contribution in [0.25, 0.3) is 0 Å². The molecule has 2 fully saturated rings. The molecule has 23 heavy (non-hydrogen) atoms. The van der Waals surface area contributed by atoms with Crippen molar-refractivity contribution in [2.24, 2.45) is 0 Å². The van der Waals surface area contributed by atoms with Crippen molar-refractivity contribution in [1.82, 2.24) is 15.1 Å². The lowest BCUT2D eigenvalue weighted by Gasteiger charge is -2.39. The predicted octanol–water partition coefficient (Wildman–Crippen LogP) is 0.768. The highest BCUT2D eigenvalue weighted by molar-refractivity contribution is 5.78. The van der Waals surface area contributed by atoms with Gasteiger partial charge in [-0.25, -0.2) is 4.39 Å². The SMILES string of the molecule is C[C@@H]1CNCCN1CC(=O)N1CCN(c2ccccc2F)CC1. The van der Waals surface area contributed by atoms with E-state index in [9.17, 15) is 9.18 Å². The maximum absolute atomic E-state index is 13.8. The first-order valence-electron chi connectivity index (χ1n) is 8.37. The topological polar surface area (TPSA) is 38.8 Å². The molecule has 2 aliphatic rings. The van der Waals surface area contributed by atoms with Gasteiger partial charge in [0.15, 0.2) is 0 Å². The smallest absolute Gasteiger partial charge is 0.236 e. The van der Waals surface area contributed by atoms with E-state index < -0.39 is 0 Å². The Morgan fingerprint density at radius 1 is 1.22 bits per heavy atom. The average Bonchev–Trinajstić information content (AvgIpc) is 2.57. The maximum atomic E-state index is 13.8. The maximum Gasteiger partial charge on any atom is 0.236 e. The summed E-state index contributed by atoms with van der Waals surface area (Å²) in [7, 11) is 0. The quantitative estimate of drug-likeness (QED) is 0.893. The van der Waals surface area contributed by atoms with E-state index in [2.05, 4.69) is 17.1 Å². The Morgan fingerprint density at radius 2 is 1.96 bits per heavy atom. The molecule has 1 atom stereocenters. The molecule has 1 aromatic rings. The summed E-state index contributed by atoms with van der Waals surface area (Å²) < 4.78 is 13.8. The highest BCUT2D eigenvalue weighted by Gasteiger charge is 2.26. The Morgan fingerprint density at radius 3 is 2.65 bits per heavy atom. The first-order chi connectivity index (χ1) is 11.1. The van der Waals surface area contributed by atoms with Gasteiger partial charge in [-0.15, -0.1) is 0 Å². The van der Waals surface area contributed by atoms with Crippen molar-refractivity contribution in [3.63, 3.8) is 0 Å². The van der Waals surface area contributed by atoms with Gasteiger partial charge in [-0.1, -0.05) is 12.1 Å². The molecule has 126 valence electrons. The van der Waals surface area contributed by atoms with Gasteiger partial charge in [-0.05, 0) is 19.1 Å². The Hall–Kier alpha value is -1.66. The third-order valence-corrected chi connectivity index (χ3v) is 4.80. The zero-order chi connectivity index (χ0) is 16.2. The number of benzene rings is 1. The van der Waals surface area contributed by atoms with Gasteiger partial charge in [0.1, 0.15) is 5.82 Å². The third-order valence-electron chi connectivity index (χ3n) is 4.80. The highest BCUT2D eigenvalue weighted by Crippen LogP contribution is 2.20. The second kappa shape index (κ2) is 7.27. The zero-order valence-electron chi connectivity index (χ0n) is 13.7. The summed E-state index contributed by atoms with van der Waals surface area (Å²) in [6.07, 6.45) is 0. The average molecular weight is 320 g/mol. The van der Waals surface area contributed by atoms with Crippen molar-refractivity contribution in [2.45, 2.75) is 13.0 Å². The highest BCUT2D eigenvalue weighted by atomic mass is 19.1. The number of carbonyl (C=O) groups is 1.